The average Bonchev–Trinajstić information content (AvgIpc) is 3.40. The van der Waals surface area contributed by atoms with Crippen LogP contribution in [0.5, 0.6) is 11.5 Å². The first-order valence-electron chi connectivity index (χ1n) is 10.9. The zero-order valence-electron chi connectivity index (χ0n) is 18.3. The third kappa shape index (κ3) is 4.26. The number of methoxy groups -OCH3 is 1. The quantitative estimate of drug-likeness (QED) is 0.375. The number of aromatic nitrogens is 2. The van der Waals surface area contributed by atoms with Crippen LogP contribution in [-0.4, -0.2) is 35.7 Å². The molecule has 4 aromatic rings. The average molecular weight is 462 g/mol. The number of amides is 1. The minimum absolute atomic E-state index is 0.0258. The second kappa shape index (κ2) is 9.16. The number of anilines is 1. The molecule has 1 aromatic heterocycles. The lowest BCUT2D eigenvalue weighted by Gasteiger charge is -2.18. The van der Waals surface area contributed by atoms with Crippen molar-refractivity contribution in [3.63, 3.8) is 0 Å². The summed E-state index contributed by atoms with van der Waals surface area (Å²) in [7, 11) is 1.64. The maximum absolute atomic E-state index is 12.9. The first-order valence-corrected chi connectivity index (χ1v) is 11.3. The summed E-state index contributed by atoms with van der Waals surface area (Å²) < 4.78 is 13.3. The number of hydrogen-bond donors (Lipinski definition) is 0. The Morgan fingerprint density at radius 3 is 2.52 bits per heavy atom. The number of halogens is 1. The van der Waals surface area contributed by atoms with Crippen LogP contribution in [0.15, 0.2) is 72.8 Å². The Bertz CT molecular complexity index is 1290. The fourth-order valence-corrected chi connectivity index (χ4v) is 4.59. The van der Waals surface area contributed by atoms with Gasteiger partial charge in [0.2, 0.25) is 5.91 Å². The molecule has 0 N–H and O–H groups in total. The van der Waals surface area contributed by atoms with Gasteiger partial charge in [0, 0.05) is 18.9 Å². The summed E-state index contributed by atoms with van der Waals surface area (Å²) in [6.45, 7) is 1.65. The number of carbonyl (C=O) groups is 1. The van der Waals surface area contributed by atoms with Crippen LogP contribution in [0.2, 0.25) is 5.02 Å². The molecule has 2 heterocycles. The molecule has 1 atom stereocenters. The number of carbonyl (C=O) groups excluding carboxylic acids is 1. The van der Waals surface area contributed by atoms with Crippen LogP contribution in [0, 0.1) is 0 Å². The number of imidazole rings is 1. The van der Waals surface area contributed by atoms with Crippen molar-refractivity contribution in [2.45, 2.75) is 18.9 Å². The molecule has 0 radical (unpaired) electrons. The Kier molecular flexibility index (Phi) is 5.92. The molecule has 1 unspecified atom stereocenters. The molecule has 1 saturated heterocycles. The van der Waals surface area contributed by atoms with Crippen molar-refractivity contribution >= 4 is 34.2 Å². The van der Waals surface area contributed by atoms with E-state index in [9.17, 15) is 4.79 Å². The summed E-state index contributed by atoms with van der Waals surface area (Å²) in [5.41, 5.74) is 2.70. The normalized spacial score (nSPS) is 15.9. The Balaban J connectivity index is 1.38. The summed E-state index contributed by atoms with van der Waals surface area (Å²) in [5, 5.41) is 0.577. The molecule has 0 bridgehead atoms. The van der Waals surface area contributed by atoms with Gasteiger partial charge in [-0.3, -0.25) is 4.79 Å². The number of ether oxygens (including phenoxy) is 2. The maximum atomic E-state index is 12.9. The van der Waals surface area contributed by atoms with E-state index < -0.39 is 0 Å². The van der Waals surface area contributed by atoms with E-state index in [0.29, 0.717) is 31.1 Å². The molecule has 5 rings (SSSR count). The Morgan fingerprint density at radius 2 is 1.73 bits per heavy atom. The molecule has 0 spiro atoms. The first kappa shape index (κ1) is 21.3. The topological polar surface area (TPSA) is 56.6 Å². The summed E-state index contributed by atoms with van der Waals surface area (Å²) in [6, 6.07) is 23.0. The van der Waals surface area contributed by atoms with Crippen molar-refractivity contribution in [1.82, 2.24) is 9.55 Å². The molecule has 1 fully saturated rings. The third-order valence-corrected chi connectivity index (χ3v) is 6.28. The lowest BCUT2D eigenvalue weighted by molar-refractivity contribution is -0.117. The van der Waals surface area contributed by atoms with Crippen molar-refractivity contribution in [1.29, 1.82) is 0 Å². The summed E-state index contributed by atoms with van der Waals surface area (Å²) in [5.74, 6) is 2.50. The minimum Gasteiger partial charge on any atom is -0.497 e. The van der Waals surface area contributed by atoms with E-state index in [1.54, 1.807) is 12.0 Å². The zero-order valence-corrected chi connectivity index (χ0v) is 19.0. The van der Waals surface area contributed by atoms with Crippen LogP contribution < -0.4 is 14.4 Å². The number of nitrogens with zero attached hydrogens (tertiary/aromatic N) is 3. The molecule has 1 aliphatic rings. The predicted molar refractivity (Wildman–Crippen MR) is 129 cm³/mol. The molecule has 3 aromatic carbocycles. The number of para-hydroxylation sites is 3. The summed E-state index contributed by atoms with van der Waals surface area (Å²) >= 11 is 6.37. The fraction of sp³-hybridized carbons (Fsp3) is 0.231. The van der Waals surface area contributed by atoms with E-state index in [-0.39, 0.29) is 11.8 Å². The fourth-order valence-electron chi connectivity index (χ4n) is 4.35. The summed E-state index contributed by atoms with van der Waals surface area (Å²) in [4.78, 5) is 19.6. The highest BCUT2D eigenvalue weighted by molar-refractivity contribution is 6.33. The number of benzene rings is 3. The van der Waals surface area contributed by atoms with Crippen molar-refractivity contribution in [3.8, 4) is 11.5 Å². The van der Waals surface area contributed by atoms with Crippen LogP contribution in [0.25, 0.3) is 11.0 Å². The van der Waals surface area contributed by atoms with Crippen LogP contribution >= 0.6 is 11.6 Å². The van der Waals surface area contributed by atoms with Crippen molar-refractivity contribution < 1.29 is 14.3 Å². The van der Waals surface area contributed by atoms with Crippen LogP contribution in [0.1, 0.15) is 18.2 Å². The molecule has 0 saturated carbocycles. The number of hydrogen-bond acceptors (Lipinski definition) is 4. The van der Waals surface area contributed by atoms with Gasteiger partial charge in [0.15, 0.2) is 0 Å². The number of fused-ring (bicyclic) bond motifs is 1. The van der Waals surface area contributed by atoms with Crippen LogP contribution in [0.3, 0.4) is 0 Å². The van der Waals surface area contributed by atoms with E-state index in [4.69, 9.17) is 26.1 Å². The van der Waals surface area contributed by atoms with Gasteiger partial charge in [0.25, 0.3) is 0 Å². The zero-order chi connectivity index (χ0) is 22.8. The van der Waals surface area contributed by atoms with E-state index in [1.807, 2.05) is 66.7 Å². The predicted octanol–water partition coefficient (Wildman–Crippen LogP) is 5.30. The van der Waals surface area contributed by atoms with Gasteiger partial charge < -0.3 is 18.9 Å². The van der Waals surface area contributed by atoms with E-state index in [1.165, 1.54) is 0 Å². The highest BCUT2D eigenvalue weighted by Gasteiger charge is 2.35. The summed E-state index contributed by atoms with van der Waals surface area (Å²) in [6.07, 6.45) is 0.397. The lowest BCUT2D eigenvalue weighted by Crippen LogP contribution is -2.25. The standard InChI is InChI=1S/C26H24ClN3O3/c1-32-19-10-12-20(13-11-19)33-15-14-29-24-9-5-3-7-22(24)28-26(29)18-16-25(31)30(17-18)23-8-4-2-6-21(23)27/h2-13,18H,14-17H2,1H3. The SMILES string of the molecule is COc1ccc(OCCn2c(C3CC(=O)N(c4ccccc4Cl)C3)nc3ccccc32)cc1. The van der Waals surface area contributed by atoms with Crippen LogP contribution in [-0.2, 0) is 11.3 Å². The van der Waals surface area contributed by atoms with Crippen molar-refractivity contribution in [3.05, 3.63) is 83.6 Å². The Labute approximate surface area is 197 Å². The van der Waals surface area contributed by atoms with Gasteiger partial charge in [-0.1, -0.05) is 35.9 Å². The first-order chi connectivity index (χ1) is 16.1. The van der Waals surface area contributed by atoms with Gasteiger partial charge in [-0.15, -0.1) is 0 Å². The third-order valence-electron chi connectivity index (χ3n) is 5.96. The van der Waals surface area contributed by atoms with E-state index >= 15 is 0 Å². The van der Waals surface area contributed by atoms with Gasteiger partial charge in [0.05, 0.1) is 35.4 Å². The molecule has 7 heteroatoms. The van der Waals surface area contributed by atoms with Crippen LogP contribution in [0.4, 0.5) is 5.69 Å². The molecule has 1 amide bonds. The smallest absolute Gasteiger partial charge is 0.227 e. The van der Waals surface area contributed by atoms with Gasteiger partial charge in [-0.25, -0.2) is 4.98 Å². The molecule has 168 valence electrons. The lowest BCUT2D eigenvalue weighted by atomic mass is 10.1. The highest BCUT2D eigenvalue weighted by Crippen LogP contribution is 2.36. The maximum Gasteiger partial charge on any atom is 0.227 e. The van der Waals surface area contributed by atoms with Gasteiger partial charge in [-0.05, 0) is 48.5 Å². The monoisotopic (exact) mass is 461 g/mol. The molecular formula is C26H24ClN3O3. The Morgan fingerprint density at radius 1 is 1.00 bits per heavy atom. The van der Waals surface area contributed by atoms with E-state index in [0.717, 1.165) is 34.0 Å². The second-order valence-corrected chi connectivity index (χ2v) is 8.40. The Hall–Kier alpha value is -3.51. The van der Waals surface area contributed by atoms with Gasteiger partial charge in [0.1, 0.15) is 23.9 Å². The van der Waals surface area contributed by atoms with Gasteiger partial charge in [-0.2, -0.15) is 0 Å². The highest BCUT2D eigenvalue weighted by atomic mass is 35.5. The second-order valence-electron chi connectivity index (χ2n) is 7.99. The van der Waals surface area contributed by atoms with Crippen molar-refractivity contribution in [2.24, 2.45) is 0 Å². The molecular weight excluding hydrogens is 438 g/mol. The molecule has 33 heavy (non-hydrogen) atoms. The van der Waals surface area contributed by atoms with Crippen molar-refractivity contribution in [2.75, 3.05) is 25.2 Å². The molecule has 1 aliphatic heterocycles. The molecule has 0 aliphatic carbocycles. The largest absolute Gasteiger partial charge is 0.497 e. The van der Waals surface area contributed by atoms with E-state index in [2.05, 4.69) is 10.6 Å². The number of rotatable bonds is 7. The van der Waals surface area contributed by atoms with Gasteiger partial charge >= 0.3 is 0 Å². The molecule has 6 nitrogen and oxygen atoms in total. The minimum atomic E-state index is -0.0258.